The molecule has 2 aromatic heterocycles. The zero-order valence-corrected chi connectivity index (χ0v) is 15.4. The highest BCUT2D eigenvalue weighted by Crippen LogP contribution is 2.51. The second kappa shape index (κ2) is 6.88. The Labute approximate surface area is 154 Å². The highest BCUT2D eigenvalue weighted by molar-refractivity contribution is 7.14. The molecule has 5 nitrogen and oxygen atoms in total. The predicted molar refractivity (Wildman–Crippen MR) is 98.6 cm³/mol. The molecule has 132 valence electrons. The average Bonchev–Trinajstić information content (AvgIpc) is 3.01. The van der Waals surface area contributed by atoms with Gasteiger partial charge in [-0.2, -0.15) is 0 Å². The number of amides is 1. The van der Waals surface area contributed by atoms with Crippen molar-refractivity contribution in [2.24, 2.45) is 5.92 Å². The smallest absolute Gasteiger partial charge is 0.345 e. The van der Waals surface area contributed by atoms with Crippen LogP contribution in [0.4, 0.5) is 5.13 Å². The molecule has 0 aliphatic heterocycles. The molecule has 2 aliphatic rings. The van der Waals surface area contributed by atoms with Gasteiger partial charge in [0, 0.05) is 34.3 Å². The summed E-state index contributed by atoms with van der Waals surface area (Å²) in [5, 5.41) is 11.8. The minimum Gasteiger partial charge on any atom is -0.477 e. The maximum absolute atomic E-state index is 13.2. The summed E-state index contributed by atoms with van der Waals surface area (Å²) in [5.74, 6) is -0.605. The summed E-state index contributed by atoms with van der Waals surface area (Å²) in [6.45, 7) is 0. The van der Waals surface area contributed by atoms with E-state index in [0.29, 0.717) is 4.88 Å². The fourth-order valence-electron chi connectivity index (χ4n) is 3.73. The molecular formula is C18H20N2O3S2. The molecule has 1 amide bonds. The van der Waals surface area contributed by atoms with E-state index in [-0.39, 0.29) is 23.8 Å². The predicted octanol–water partition coefficient (Wildman–Crippen LogP) is 4.37. The Morgan fingerprint density at radius 3 is 2.64 bits per heavy atom. The second-order valence-electron chi connectivity index (χ2n) is 6.77. The van der Waals surface area contributed by atoms with Gasteiger partial charge in [-0.15, -0.1) is 22.7 Å². The van der Waals surface area contributed by atoms with Crippen molar-refractivity contribution in [3.8, 4) is 0 Å². The summed E-state index contributed by atoms with van der Waals surface area (Å²) < 4.78 is 0. The highest BCUT2D eigenvalue weighted by atomic mass is 32.1. The van der Waals surface area contributed by atoms with E-state index in [9.17, 15) is 9.59 Å². The molecule has 25 heavy (non-hydrogen) atoms. The largest absolute Gasteiger partial charge is 0.477 e. The van der Waals surface area contributed by atoms with Gasteiger partial charge >= 0.3 is 5.97 Å². The van der Waals surface area contributed by atoms with Gasteiger partial charge in [-0.1, -0.05) is 19.3 Å². The van der Waals surface area contributed by atoms with Crippen molar-refractivity contribution in [2.45, 2.75) is 50.5 Å². The number of carboxylic acid groups (broad SMARTS) is 1. The van der Waals surface area contributed by atoms with Gasteiger partial charge in [-0.05, 0) is 31.4 Å². The maximum atomic E-state index is 13.2. The zero-order valence-electron chi connectivity index (χ0n) is 13.8. The number of aromatic carboxylic acids is 1. The average molecular weight is 377 g/mol. The van der Waals surface area contributed by atoms with Gasteiger partial charge in [-0.25, -0.2) is 9.78 Å². The number of carboxylic acids is 1. The Kier molecular flexibility index (Phi) is 4.60. The van der Waals surface area contributed by atoms with Gasteiger partial charge in [0.05, 0.1) is 0 Å². The number of thiophene rings is 1. The summed E-state index contributed by atoms with van der Waals surface area (Å²) >= 11 is 2.82. The van der Waals surface area contributed by atoms with E-state index in [2.05, 4.69) is 4.98 Å². The number of aromatic nitrogens is 1. The van der Waals surface area contributed by atoms with Gasteiger partial charge in [0.1, 0.15) is 4.88 Å². The van der Waals surface area contributed by atoms with Crippen molar-refractivity contribution < 1.29 is 14.7 Å². The number of hydrogen-bond acceptors (Lipinski definition) is 5. The Balaban J connectivity index is 1.52. The van der Waals surface area contributed by atoms with Crippen LogP contribution in [0.1, 0.15) is 59.0 Å². The number of carbonyl (C=O) groups is 2. The molecule has 2 heterocycles. The van der Waals surface area contributed by atoms with Crippen LogP contribution in [0.3, 0.4) is 0 Å². The standard InChI is InChI=1S/C18H20N2O3S2/c21-16(13-10-12(13)14-6-7-15(25-14)17(22)23)20(18-19-8-9-24-18)11-4-2-1-3-5-11/h6-9,11-13H,1-5,10H2,(H,22,23). The van der Waals surface area contributed by atoms with Crippen LogP contribution in [0, 0.1) is 5.92 Å². The summed E-state index contributed by atoms with van der Waals surface area (Å²) in [5.41, 5.74) is 0. The van der Waals surface area contributed by atoms with Crippen molar-refractivity contribution in [3.63, 3.8) is 0 Å². The highest BCUT2D eigenvalue weighted by Gasteiger charge is 2.48. The van der Waals surface area contributed by atoms with E-state index < -0.39 is 5.97 Å². The first-order valence-corrected chi connectivity index (χ1v) is 10.4. The van der Waals surface area contributed by atoms with Crippen molar-refractivity contribution in [1.29, 1.82) is 0 Å². The molecular weight excluding hydrogens is 356 g/mol. The molecule has 2 fully saturated rings. The molecule has 0 radical (unpaired) electrons. The van der Waals surface area contributed by atoms with Crippen LogP contribution in [0.2, 0.25) is 0 Å². The van der Waals surface area contributed by atoms with Crippen LogP contribution >= 0.6 is 22.7 Å². The number of thiazole rings is 1. The molecule has 2 saturated carbocycles. The molecule has 4 rings (SSSR count). The molecule has 2 unspecified atom stereocenters. The lowest BCUT2D eigenvalue weighted by molar-refractivity contribution is -0.120. The van der Waals surface area contributed by atoms with E-state index in [4.69, 9.17) is 5.11 Å². The Morgan fingerprint density at radius 2 is 2.00 bits per heavy atom. The van der Waals surface area contributed by atoms with Crippen LogP contribution in [0.5, 0.6) is 0 Å². The molecule has 1 N–H and O–H groups in total. The van der Waals surface area contributed by atoms with Gasteiger partial charge in [0.15, 0.2) is 5.13 Å². The molecule has 0 saturated heterocycles. The topological polar surface area (TPSA) is 70.5 Å². The molecule has 0 bridgehead atoms. The number of rotatable bonds is 5. The zero-order chi connectivity index (χ0) is 17.4. The van der Waals surface area contributed by atoms with Gasteiger partial charge < -0.3 is 5.11 Å². The fourth-order valence-corrected chi connectivity index (χ4v) is 5.48. The van der Waals surface area contributed by atoms with E-state index in [1.165, 1.54) is 41.9 Å². The van der Waals surface area contributed by atoms with Crippen molar-refractivity contribution in [2.75, 3.05) is 4.90 Å². The lowest BCUT2D eigenvalue weighted by Gasteiger charge is -2.32. The van der Waals surface area contributed by atoms with Crippen LogP contribution in [0.15, 0.2) is 23.7 Å². The Hall–Kier alpha value is -1.73. The van der Waals surface area contributed by atoms with Crippen LogP contribution < -0.4 is 4.90 Å². The molecule has 2 aliphatic carbocycles. The SMILES string of the molecule is O=C(O)c1ccc(C2CC2C(=O)N(c2nccs2)C2CCCCC2)s1. The number of carbonyl (C=O) groups excluding carboxylic acids is 1. The third-order valence-electron chi connectivity index (χ3n) is 5.11. The molecule has 0 aromatic carbocycles. The van der Waals surface area contributed by atoms with Crippen LogP contribution in [0.25, 0.3) is 0 Å². The number of nitrogens with zero attached hydrogens (tertiary/aromatic N) is 2. The summed E-state index contributed by atoms with van der Waals surface area (Å²) in [4.78, 5) is 32.0. The first-order chi connectivity index (χ1) is 12.1. The van der Waals surface area contributed by atoms with Crippen LogP contribution in [-0.4, -0.2) is 28.0 Å². The first-order valence-electron chi connectivity index (χ1n) is 8.70. The summed E-state index contributed by atoms with van der Waals surface area (Å²) in [6.07, 6.45) is 8.24. The summed E-state index contributed by atoms with van der Waals surface area (Å²) in [7, 11) is 0. The Morgan fingerprint density at radius 1 is 1.20 bits per heavy atom. The van der Waals surface area contributed by atoms with Crippen molar-refractivity contribution in [3.05, 3.63) is 33.5 Å². The third-order valence-corrected chi connectivity index (χ3v) is 7.09. The van der Waals surface area contributed by atoms with E-state index in [1.54, 1.807) is 12.3 Å². The minimum absolute atomic E-state index is 0.0360. The number of hydrogen-bond donors (Lipinski definition) is 1. The first kappa shape index (κ1) is 16.7. The maximum Gasteiger partial charge on any atom is 0.345 e. The molecule has 2 aromatic rings. The normalized spacial score (nSPS) is 23.4. The fraction of sp³-hybridized carbons (Fsp3) is 0.500. The third kappa shape index (κ3) is 3.35. The quantitative estimate of drug-likeness (QED) is 0.841. The van der Waals surface area contributed by atoms with E-state index in [1.807, 2.05) is 16.3 Å². The van der Waals surface area contributed by atoms with E-state index in [0.717, 1.165) is 29.3 Å². The van der Waals surface area contributed by atoms with Gasteiger partial charge in [-0.3, -0.25) is 9.69 Å². The van der Waals surface area contributed by atoms with Crippen molar-refractivity contribution >= 4 is 39.7 Å². The lowest BCUT2D eigenvalue weighted by atomic mass is 9.94. The van der Waals surface area contributed by atoms with Gasteiger partial charge in [0.2, 0.25) is 5.91 Å². The molecule has 7 heteroatoms. The lowest BCUT2D eigenvalue weighted by Crippen LogP contribution is -2.42. The van der Waals surface area contributed by atoms with Crippen molar-refractivity contribution in [1.82, 2.24) is 4.98 Å². The Bertz CT molecular complexity index is 765. The van der Waals surface area contributed by atoms with Crippen LogP contribution in [-0.2, 0) is 4.79 Å². The summed E-state index contributed by atoms with van der Waals surface area (Å²) in [6, 6.07) is 3.76. The molecule has 0 spiro atoms. The molecule has 2 atom stereocenters. The minimum atomic E-state index is -0.897. The monoisotopic (exact) mass is 376 g/mol. The second-order valence-corrected chi connectivity index (χ2v) is 8.76. The van der Waals surface area contributed by atoms with E-state index >= 15 is 0 Å². The number of anilines is 1. The van der Waals surface area contributed by atoms with Gasteiger partial charge in [0.25, 0.3) is 0 Å².